The van der Waals surface area contributed by atoms with Gasteiger partial charge in [-0.1, -0.05) is 5.16 Å². The fourth-order valence-electron chi connectivity index (χ4n) is 2.70. The van der Waals surface area contributed by atoms with Gasteiger partial charge in [-0.3, -0.25) is 9.78 Å². The highest BCUT2D eigenvalue weighted by molar-refractivity contribution is 6.03. The van der Waals surface area contributed by atoms with Gasteiger partial charge >= 0.3 is 0 Å². The minimum Gasteiger partial charge on any atom is -0.409 e. The minimum absolute atomic E-state index is 0.0673. The molecule has 3 rings (SSSR count). The van der Waals surface area contributed by atoms with E-state index in [0.717, 1.165) is 12.8 Å². The van der Waals surface area contributed by atoms with E-state index >= 15 is 0 Å². The van der Waals surface area contributed by atoms with E-state index in [1.165, 1.54) is 6.20 Å². The molecule has 1 aliphatic heterocycles. The van der Waals surface area contributed by atoms with Gasteiger partial charge in [-0.25, -0.2) is 4.52 Å². The summed E-state index contributed by atoms with van der Waals surface area (Å²) in [6.45, 7) is 0.581. The molecule has 1 atom stereocenters. The summed E-state index contributed by atoms with van der Waals surface area (Å²) >= 11 is 0. The molecule has 0 radical (unpaired) electrons. The van der Waals surface area contributed by atoms with Crippen molar-refractivity contribution in [2.24, 2.45) is 10.9 Å². The smallest absolute Gasteiger partial charge is 0.258 e. The van der Waals surface area contributed by atoms with Crippen molar-refractivity contribution in [3.05, 3.63) is 30.4 Å². The molecule has 1 aliphatic rings. The number of piperidine rings is 1. The van der Waals surface area contributed by atoms with Crippen molar-refractivity contribution in [3.8, 4) is 0 Å². The number of carbonyl (C=O) groups excluding carboxylic acids is 1. The topological polar surface area (TPSA) is 109 Å². The number of aromatic nitrogens is 3. The van der Waals surface area contributed by atoms with Crippen LogP contribution < -0.4 is 5.73 Å². The van der Waals surface area contributed by atoms with Crippen LogP contribution >= 0.6 is 0 Å². The number of amidine groups is 1. The van der Waals surface area contributed by atoms with Crippen LogP contribution in [0.4, 0.5) is 0 Å². The van der Waals surface area contributed by atoms with Crippen LogP contribution in [0.15, 0.2) is 29.9 Å². The number of nitrogens with zero attached hydrogens (tertiary/aromatic N) is 5. The van der Waals surface area contributed by atoms with Gasteiger partial charge in [-0.05, 0) is 19.3 Å². The fourth-order valence-corrected chi connectivity index (χ4v) is 2.70. The van der Waals surface area contributed by atoms with E-state index < -0.39 is 0 Å². The average Bonchev–Trinajstić information content (AvgIpc) is 2.97. The first-order valence-electron chi connectivity index (χ1n) is 6.78. The molecule has 0 aromatic carbocycles. The third-order valence-corrected chi connectivity index (χ3v) is 3.78. The number of oxime groups is 1. The Morgan fingerprint density at radius 3 is 3.10 bits per heavy atom. The predicted octanol–water partition coefficient (Wildman–Crippen LogP) is 0.470. The van der Waals surface area contributed by atoms with Crippen LogP contribution in [0.1, 0.15) is 29.6 Å². The lowest BCUT2D eigenvalue weighted by Crippen LogP contribution is -2.50. The predicted molar refractivity (Wildman–Crippen MR) is 75.1 cm³/mol. The monoisotopic (exact) mass is 288 g/mol. The Balaban J connectivity index is 1.96. The standard InChI is InChI=1S/C13H16N6O2/c14-12(17-21)10-3-1-2-5-18(10)13(20)9-7-16-19-6-4-15-8-11(9)19/h4,6-8,10,21H,1-3,5H2,(H2,14,17). The van der Waals surface area contributed by atoms with Crippen molar-refractivity contribution in [3.63, 3.8) is 0 Å². The molecule has 3 N–H and O–H groups in total. The summed E-state index contributed by atoms with van der Waals surface area (Å²) in [5.74, 6) is -0.105. The zero-order valence-corrected chi connectivity index (χ0v) is 11.4. The average molecular weight is 288 g/mol. The third-order valence-electron chi connectivity index (χ3n) is 3.78. The molecule has 1 unspecified atom stereocenters. The summed E-state index contributed by atoms with van der Waals surface area (Å²) in [7, 11) is 0. The number of likely N-dealkylation sites (tertiary alicyclic amines) is 1. The maximum atomic E-state index is 12.8. The highest BCUT2D eigenvalue weighted by atomic mass is 16.4. The van der Waals surface area contributed by atoms with E-state index in [1.807, 2.05) is 0 Å². The first-order valence-corrected chi connectivity index (χ1v) is 6.78. The van der Waals surface area contributed by atoms with Crippen LogP contribution in [0.3, 0.4) is 0 Å². The molecule has 0 aliphatic carbocycles. The van der Waals surface area contributed by atoms with Crippen LogP contribution in [-0.2, 0) is 0 Å². The molecule has 2 aromatic heterocycles. The number of hydrogen-bond acceptors (Lipinski definition) is 5. The molecule has 8 nitrogen and oxygen atoms in total. The molecular weight excluding hydrogens is 272 g/mol. The van der Waals surface area contributed by atoms with E-state index in [-0.39, 0.29) is 17.8 Å². The van der Waals surface area contributed by atoms with E-state index in [1.54, 1.807) is 28.0 Å². The van der Waals surface area contributed by atoms with Gasteiger partial charge in [0.2, 0.25) is 0 Å². The molecular formula is C13H16N6O2. The Labute approximate surface area is 120 Å². The Bertz CT molecular complexity index is 695. The third kappa shape index (κ3) is 2.28. The largest absolute Gasteiger partial charge is 0.409 e. The summed E-state index contributed by atoms with van der Waals surface area (Å²) < 4.78 is 1.60. The van der Waals surface area contributed by atoms with Crippen LogP contribution in [0.5, 0.6) is 0 Å². The molecule has 0 bridgehead atoms. The van der Waals surface area contributed by atoms with Gasteiger partial charge < -0.3 is 15.8 Å². The van der Waals surface area contributed by atoms with Crippen molar-refractivity contribution in [2.45, 2.75) is 25.3 Å². The van der Waals surface area contributed by atoms with Crippen molar-refractivity contribution in [1.82, 2.24) is 19.5 Å². The highest BCUT2D eigenvalue weighted by Crippen LogP contribution is 2.21. The summed E-state index contributed by atoms with van der Waals surface area (Å²) in [5, 5.41) is 16.1. The fraction of sp³-hybridized carbons (Fsp3) is 0.385. The first-order chi connectivity index (χ1) is 10.2. The normalized spacial score (nSPS) is 19.9. The number of fused-ring (bicyclic) bond motifs is 1. The van der Waals surface area contributed by atoms with Crippen LogP contribution in [0.2, 0.25) is 0 Å². The van der Waals surface area contributed by atoms with Crippen molar-refractivity contribution >= 4 is 17.3 Å². The second kappa shape index (κ2) is 5.39. The molecule has 0 saturated carbocycles. The SMILES string of the molecule is N/C(=N/O)C1CCCCN1C(=O)c1cnn2ccncc12. The molecule has 110 valence electrons. The molecule has 0 spiro atoms. The van der Waals surface area contributed by atoms with Gasteiger partial charge in [0.1, 0.15) is 0 Å². The Hall–Kier alpha value is -2.64. The zero-order valence-electron chi connectivity index (χ0n) is 11.4. The van der Waals surface area contributed by atoms with Crippen molar-refractivity contribution < 1.29 is 10.0 Å². The van der Waals surface area contributed by atoms with E-state index in [4.69, 9.17) is 10.9 Å². The lowest BCUT2D eigenvalue weighted by Gasteiger charge is -2.34. The number of nitrogens with two attached hydrogens (primary N) is 1. The van der Waals surface area contributed by atoms with Crippen LogP contribution in [0, 0.1) is 0 Å². The zero-order chi connectivity index (χ0) is 14.8. The molecule has 1 saturated heterocycles. The van der Waals surface area contributed by atoms with Crippen molar-refractivity contribution in [2.75, 3.05) is 6.54 Å². The number of amides is 1. The van der Waals surface area contributed by atoms with Crippen LogP contribution in [0.25, 0.3) is 5.52 Å². The number of carbonyl (C=O) groups is 1. The Morgan fingerprint density at radius 2 is 2.29 bits per heavy atom. The Kier molecular flexibility index (Phi) is 3.43. The molecule has 8 heteroatoms. The van der Waals surface area contributed by atoms with Crippen LogP contribution in [-0.4, -0.2) is 49.0 Å². The molecule has 3 heterocycles. The molecule has 2 aromatic rings. The second-order valence-corrected chi connectivity index (χ2v) is 5.00. The molecule has 1 fully saturated rings. The van der Waals surface area contributed by atoms with Crippen molar-refractivity contribution in [1.29, 1.82) is 0 Å². The second-order valence-electron chi connectivity index (χ2n) is 5.00. The quantitative estimate of drug-likeness (QED) is 0.361. The Morgan fingerprint density at radius 1 is 1.43 bits per heavy atom. The van der Waals surface area contributed by atoms with Gasteiger partial charge in [0.15, 0.2) is 5.84 Å². The lowest BCUT2D eigenvalue weighted by molar-refractivity contribution is 0.0678. The van der Waals surface area contributed by atoms with E-state index in [0.29, 0.717) is 24.0 Å². The maximum Gasteiger partial charge on any atom is 0.258 e. The molecule has 1 amide bonds. The number of rotatable bonds is 2. The van der Waals surface area contributed by atoms with E-state index in [2.05, 4.69) is 15.2 Å². The maximum absolute atomic E-state index is 12.8. The van der Waals surface area contributed by atoms with Gasteiger partial charge in [0.25, 0.3) is 5.91 Å². The van der Waals surface area contributed by atoms with Gasteiger partial charge in [-0.15, -0.1) is 0 Å². The lowest BCUT2D eigenvalue weighted by atomic mass is 10.0. The van der Waals surface area contributed by atoms with Gasteiger partial charge in [0, 0.05) is 18.9 Å². The number of hydrogen-bond donors (Lipinski definition) is 2. The highest BCUT2D eigenvalue weighted by Gasteiger charge is 2.31. The summed E-state index contributed by atoms with van der Waals surface area (Å²) in [6.07, 6.45) is 8.95. The summed E-state index contributed by atoms with van der Waals surface area (Å²) in [5.41, 5.74) is 6.83. The molecule has 21 heavy (non-hydrogen) atoms. The summed E-state index contributed by atoms with van der Waals surface area (Å²) in [6, 6.07) is -0.372. The summed E-state index contributed by atoms with van der Waals surface area (Å²) in [4.78, 5) is 18.4. The first kappa shape index (κ1) is 13.3. The van der Waals surface area contributed by atoms with Gasteiger partial charge in [0.05, 0.1) is 29.5 Å². The van der Waals surface area contributed by atoms with E-state index in [9.17, 15) is 4.79 Å². The van der Waals surface area contributed by atoms with Gasteiger partial charge in [-0.2, -0.15) is 5.10 Å². The minimum atomic E-state index is -0.372.